The van der Waals surface area contributed by atoms with E-state index in [2.05, 4.69) is 67.7 Å². The van der Waals surface area contributed by atoms with Gasteiger partial charge in [0.15, 0.2) is 19.0 Å². The molecule has 0 aliphatic heterocycles. The van der Waals surface area contributed by atoms with Gasteiger partial charge < -0.3 is 9.53 Å². The molecule has 0 amide bonds. The van der Waals surface area contributed by atoms with Gasteiger partial charge in [0.05, 0.1) is 0 Å². The van der Waals surface area contributed by atoms with Crippen LogP contribution in [0.3, 0.4) is 0 Å². The first-order valence-corrected chi connectivity index (χ1v) is 18.8. The van der Waals surface area contributed by atoms with Crippen LogP contribution in [-0.2, 0) is 0 Å². The number of hydrogen-bond donors (Lipinski definition) is 1. The van der Waals surface area contributed by atoms with Gasteiger partial charge in [-0.3, -0.25) is 9.59 Å². The van der Waals surface area contributed by atoms with Crippen molar-refractivity contribution in [3.8, 4) is 11.5 Å². The summed E-state index contributed by atoms with van der Waals surface area (Å²) in [4.78, 5) is 21.8. The fourth-order valence-electron chi connectivity index (χ4n) is 1.90. The molecule has 0 saturated carbocycles. The van der Waals surface area contributed by atoms with Gasteiger partial charge in [0, 0.05) is 11.1 Å². The third-order valence-corrected chi connectivity index (χ3v) is 16.1. The van der Waals surface area contributed by atoms with Crippen molar-refractivity contribution < 1.29 is 19.1 Å². The largest absolute Gasteiger partial charge is 0.544 e. The fourth-order valence-corrected chi connectivity index (χ4v) is 2.93. The van der Waals surface area contributed by atoms with Gasteiger partial charge in [0.25, 0.3) is 0 Å². The van der Waals surface area contributed by atoms with Crippen molar-refractivity contribution in [3.05, 3.63) is 59.7 Å². The monoisotopic (exact) mass is 536 g/mol. The lowest BCUT2D eigenvalue weighted by Gasteiger charge is -2.36. The minimum absolute atomic E-state index is 0.0139. The topological polar surface area (TPSA) is 63.6 Å². The molecule has 0 unspecified atom stereocenters. The highest BCUT2D eigenvalue weighted by atomic mass is 35.6. The van der Waals surface area contributed by atoms with Crippen LogP contribution in [0.2, 0.25) is 36.3 Å². The molecule has 0 aromatic heterocycles. The van der Waals surface area contributed by atoms with E-state index in [4.69, 9.17) is 20.6 Å². The highest BCUT2D eigenvalue weighted by Gasteiger charge is 2.38. The molecule has 0 spiro atoms. The summed E-state index contributed by atoms with van der Waals surface area (Å²) in [6, 6.07) is 13.6. The summed E-state index contributed by atoms with van der Waals surface area (Å²) >= 11 is 6.15. The van der Waals surface area contributed by atoms with E-state index in [1.54, 1.807) is 19.1 Å². The highest BCUT2D eigenvalue weighted by Crippen LogP contribution is 2.38. The SMILES string of the molecule is CC(=O)c1ccc(O)cc1.CC(=O)c1ccc(O[Si](C)(C)C(C)(C)C)cc1.CC(C)(C)[Si](C)(C)Cl. The number of halogens is 1. The van der Waals surface area contributed by atoms with Gasteiger partial charge in [-0.05, 0) is 85.5 Å². The van der Waals surface area contributed by atoms with Crippen LogP contribution in [0.15, 0.2) is 48.5 Å². The third kappa shape index (κ3) is 12.1. The Morgan fingerprint density at radius 2 is 1.03 bits per heavy atom. The second kappa shape index (κ2) is 12.9. The first-order valence-electron chi connectivity index (χ1n) is 11.9. The summed E-state index contributed by atoms with van der Waals surface area (Å²) in [5.41, 5.74) is 1.35. The Balaban J connectivity index is 0.000000545. The minimum atomic E-state index is -1.78. The van der Waals surface area contributed by atoms with Crippen LogP contribution in [0.5, 0.6) is 11.5 Å². The fraction of sp³-hybridized carbons (Fsp3) is 0.500. The lowest BCUT2D eigenvalue weighted by molar-refractivity contribution is 0.100. The summed E-state index contributed by atoms with van der Waals surface area (Å²) in [5, 5.41) is 9.36. The summed E-state index contributed by atoms with van der Waals surface area (Å²) in [6.45, 7) is 25.1. The summed E-state index contributed by atoms with van der Waals surface area (Å²) in [5.74, 6) is 1.15. The van der Waals surface area contributed by atoms with Crippen molar-refractivity contribution in [2.75, 3.05) is 0 Å². The van der Waals surface area contributed by atoms with Crippen LogP contribution in [0.25, 0.3) is 0 Å². The molecule has 4 nitrogen and oxygen atoms in total. The van der Waals surface area contributed by atoms with Gasteiger partial charge in [-0.1, -0.05) is 54.6 Å². The molecule has 2 aromatic rings. The maximum atomic E-state index is 11.2. The number of hydrogen-bond acceptors (Lipinski definition) is 4. The quantitative estimate of drug-likeness (QED) is 0.240. The standard InChI is InChI=1S/C14H22O2Si.C8H8O2.C6H15ClSi/c1-11(15)12-7-9-13(10-8-12)16-17(5,6)14(2,3)4;1-6(9)7-2-4-8(10)5-3-7;1-6(2,3)8(4,5)7/h7-10H,1-6H3;2-5,10H,1H3;1-5H3. The Morgan fingerprint density at radius 3 is 1.29 bits per heavy atom. The Bertz CT molecular complexity index is 935. The van der Waals surface area contributed by atoms with Crippen LogP contribution in [0, 0.1) is 0 Å². The van der Waals surface area contributed by atoms with E-state index in [0.717, 1.165) is 11.3 Å². The molecule has 2 aromatic carbocycles. The molecule has 0 radical (unpaired) electrons. The molecule has 7 heteroatoms. The number of carbonyl (C=O) groups is 2. The van der Waals surface area contributed by atoms with Crippen molar-refractivity contribution in [2.45, 2.75) is 91.7 Å². The molecular weight excluding hydrogens is 492 g/mol. The second-order valence-electron chi connectivity index (χ2n) is 11.8. The van der Waals surface area contributed by atoms with E-state index in [1.165, 1.54) is 19.1 Å². The number of benzene rings is 2. The van der Waals surface area contributed by atoms with Crippen molar-refractivity contribution in [2.24, 2.45) is 0 Å². The van der Waals surface area contributed by atoms with Gasteiger partial charge in [-0.2, -0.15) is 11.1 Å². The van der Waals surface area contributed by atoms with Crippen LogP contribution in [-0.4, -0.2) is 32.4 Å². The summed E-state index contributed by atoms with van der Waals surface area (Å²) in [7, 11) is -3.16. The van der Waals surface area contributed by atoms with E-state index in [-0.39, 0.29) is 22.4 Å². The molecule has 2 rings (SSSR count). The van der Waals surface area contributed by atoms with Crippen molar-refractivity contribution >= 4 is 38.3 Å². The van der Waals surface area contributed by atoms with Crippen molar-refractivity contribution in [1.82, 2.24) is 0 Å². The zero-order chi connectivity index (χ0) is 27.8. The number of ketones is 2. The van der Waals surface area contributed by atoms with Crippen molar-refractivity contribution in [3.63, 3.8) is 0 Å². The number of phenols is 1. The Labute approximate surface area is 219 Å². The van der Waals surface area contributed by atoms with E-state index >= 15 is 0 Å². The molecule has 0 saturated heterocycles. The van der Waals surface area contributed by atoms with Gasteiger partial charge >= 0.3 is 0 Å². The average Bonchev–Trinajstić information content (AvgIpc) is 2.67. The normalized spacial score (nSPS) is 11.9. The van der Waals surface area contributed by atoms with E-state index in [1.807, 2.05) is 24.3 Å². The number of rotatable bonds is 4. The molecule has 0 aliphatic carbocycles. The summed E-state index contributed by atoms with van der Waals surface area (Å²) in [6.07, 6.45) is 0. The van der Waals surface area contributed by atoms with Crippen LogP contribution in [0.1, 0.15) is 76.1 Å². The lowest BCUT2D eigenvalue weighted by atomic mass is 10.1. The second-order valence-corrected chi connectivity index (χ2v) is 23.8. The average molecular weight is 537 g/mol. The molecule has 196 valence electrons. The van der Waals surface area contributed by atoms with E-state index < -0.39 is 15.7 Å². The molecule has 0 heterocycles. The van der Waals surface area contributed by atoms with Gasteiger partial charge in [0.2, 0.25) is 8.32 Å². The lowest BCUT2D eigenvalue weighted by Crippen LogP contribution is -2.43. The van der Waals surface area contributed by atoms with E-state index in [9.17, 15) is 9.59 Å². The number of Topliss-reactive ketones (excluding diaryl/α,β-unsaturated/α-hetero) is 2. The molecule has 0 bridgehead atoms. The maximum absolute atomic E-state index is 11.2. The predicted molar refractivity (Wildman–Crippen MR) is 155 cm³/mol. The summed E-state index contributed by atoms with van der Waals surface area (Å²) < 4.78 is 6.13. The third-order valence-electron chi connectivity index (χ3n) is 6.50. The molecule has 0 fully saturated rings. The first kappa shape index (κ1) is 33.1. The molecule has 0 aliphatic rings. The minimum Gasteiger partial charge on any atom is -0.544 e. The van der Waals surface area contributed by atoms with Crippen LogP contribution in [0.4, 0.5) is 0 Å². The molecule has 1 N–H and O–H groups in total. The smallest absolute Gasteiger partial charge is 0.250 e. The van der Waals surface area contributed by atoms with Crippen LogP contribution >= 0.6 is 11.1 Å². The highest BCUT2D eigenvalue weighted by molar-refractivity contribution is 7.20. The Morgan fingerprint density at radius 1 is 0.714 bits per heavy atom. The van der Waals surface area contributed by atoms with Crippen LogP contribution < -0.4 is 4.43 Å². The van der Waals surface area contributed by atoms with Gasteiger partial charge in [-0.15, -0.1) is 0 Å². The molecule has 0 atom stereocenters. The Hall–Kier alpha value is -1.90. The van der Waals surface area contributed by atoms with Gasteiger partial charge in [-0.25, -0.2) is 0 Å². The number of aromatic hydroxyl groups is 1. The van der Waals surface area contributed by atoms with Crippen molar-refractivity contribution in [1.29, 1.82) is 0 Å². The molecule has 35 heavy (non-hydrogen) atoms. The zero-order valence-corrected chi connectivity index (χ0v) is 26.4. The zero-order valence-electron chi connectivity index (χ0n) is 23.7. The molecular formula is C28H45ClO4Si2. The van der Waals surface area contributed by atoms with E-state index in [0.29, 0.717) is 10.6 Å². The predicted octanol–water partition coefficient (Wildman–Crippen LogP) is 9.10. The maximum Gasteiger partial charge on any atom is 0.250 e. The Kier molecular flexibility index (Phi) is 12.2. The van der Waals surface area contributed by atoms with Gasteiger partial charge in [0.1, 0.15) is 11.5 Å². The first-order chi connectivity index (χ1) is 15.6. The number of carbonyl (C=O) groups excluding carboxylic acids is 2. The number of phenolic OH excluding ortho intramolecular Hbond substituents is 1.